The summed E-state index contributed by atoms with van der Waals surface area (Å²) in [5, 5.41) is 0. The molecule has 108 valence electrons. The first-order valence-corrected chi connectivity index (χ1v) is 7.94. The van der Waals surface area contributed by atoms with Gasteiger partial charge in [0.2, 0.25) is 0 Å². The first kappa shape index (κ1) is 14.5. The van der Waals surface area contributed by atoms with Gasteiger partial charge in [0.15, 0.2) is 5.96 Å². The van der Waals surface area contributed by atoms with Crippen LogP contribution in [0, 0.1) is 5.82 Å². The maximum absolute atomic E-state index is 13.1. The van der Waals surface area contributed by atoms with Crippen molar-refractivity contribution in [3.8, 4) is 0 Å². The van der Waals surface area contributed by atoms with Crippen LogP contribution >= 0.6 is 31.9 Å². The SMILES string of the molecule is NC1=NCC(c2ccc(Br)c(Br)c2)N1c1ccc(F)cc1. The molecule has 1 unspecified atom stereocenters. The minimum absolute atomic E-state index is 0.0138. The number of halogens is 3. The third-order valence-corrected chi connectivity index (χ3v) is 5.30. The highest BCUT2D eigenvalue weighted by molar-refractivity contribution is 9.13. The Balaban J connectivity index is 1.98. The topological polar surface area (TPSA) is 41.6 Å². The Hall–Kier alpha value is -1.40. The van der Waals surface area contributed by atoms with E-state index in [1.807, 2.05) is 23.1 Å². The maximum Gasteiger partial charge on any atom is 0.196 e. The standard InChI is InChI=1S/C15H12Br2FN3/c16-12-6-1-9(7-13(12)17)14-8-20-15(19)21(14)11-4-2-10(18)3-5-11/h1-7,14H,8H2,(H2,19,20). The zero-order valence-electron chi connectivity index (χ0n) is 10.9. The van der Waals surface area contributed by atoms with Crippen molar-refractivity contribution in [3.63, 3.8) is 0 Å². The van der Waals surface area contributed by atoms with Crippen molar-refractivity contribution < 1.29 is 4.39 Å². The Morgan fingerprint density at radius 1 is 1.10 bits per heavy atom. The van der Waals surface area contributed by atoms with E-state index in [1.165, 1.54) is 12.1 Å². The Kier molecular flexibility index (Phi) is 3.99. The second kappa shape index (κ2) is 5.77. The fraction of sp³-hybridized carbons (Fsp3) is 0.133. The zero-order chi connectivity index (χ0) is 15.0. The van der Waals surface area contributed by atoms with Crippen LogP contribution in [0.5, 0.6) is 0 Å². The molecule has 0 saturated carbocycles. The van der Waals surface area contributed by atoms with Gasteiger partial charge in [-0.2, -0.15) is 0 Å². The molecule has 0 aliphatic carbocycles. The molecule has 2 N–H and O–H groups in total. The van der Waals surface area contributed by atoms with E-state index < -0.39 is 0 Å². The summed E-state index contributed by atoms with van der Waals surface area (Å²) < 4.78 is 15.1. The van der Waals surface area contributed by atoms with Gasteiger partial charge in [-0.1, -0.05) is 6.07 Å². The molecule has 1 heterocycles. The van der Waals surface area contributed by atoms with Crippen molar-refractivity contribution in [2.75, 3.05) is 11.4 Å². The Morgan fingerprint density at radius 3 is 2.48 bits per heavy atom. The number of benzene rings is 2. The fourth-order valence-electron chi connectivity index (χ4n) is 2.39. The summed E-state index contributed by atoms with van der Waals surface area (Å²) in [5.74, 6) is 0.182. The monoisotopic (exact) mass is 411 g/mol. The predicted octanol–water partition coefficient (Wildman–Crippen LogP) is 4.23. The summed E-state index contributed by atoms with van der Waals surface area (Å²) in [7, 11) is 0. The minimum atomic E-state index is -0.267. The van der Waals surface area contributed by atoms with Crippen LogP contribution in [0.25, 0.3) is 0 Å². The van der Waals surface area contributed by atoms with Gasteiger partial charge in [0.05, 0.1) is 12.6 Å². The number of hydrogen-bond donors (Lipinski definition) is 1. The smallest absolute Gasteiger partial charge is 0.196 e. The van der Waals surface area contributed by atoms with E-state index in [9.17, 15) is 4.39 Å². The van der Waals surface area contributed by atoms with Gasteiger partial charge in [0, 0.05) is 14.6 Å². The van der Waals surface area contributed by atoms with E-state index >= 15 is 0 Å². The van der Waals surface area contributed by atoms with Gasteiger partial charge >= 0.3 is 0 Å². The van der Waals surface area contributed by atoms with Crippen LogP contribution in [0.1, 0.15) is 11.6 Å². The van der Waals surface area contributed by atoms with Crippen molar-refractivity contribution in [2.45, 2.75) is 6.04 Å². The van der Waals surface area contributed by atoms with Crippen LogP contribution in [0.2, 0.25) is 0 Å². The van der Waals surface area contributed by atoms with Gasteiger partial charge in [0.25, 0.3) is 0 Å². The molecule has 0 amide bonds. The number of anilines is 1. The lowest BCUT2D eigenvalue weighted by atomic mass is 10.1. The van der Waals surface area contributed by atoms with E-state index in [2.05, 4.69) is 36.9 Å². The highest BCUT2D eigenvalue weighted by Crippen LogP contribution is 2.34. The third-order valence-electron chi connectivity index (χ3n) is 3.42. The molecule has 2 aromatic carbocycles. The summed E-state index contributed by atoms with van der Waals surface area (Å²) in [4.78, 5) is 6.25. The second-order valence-corrected chi connectivity index (χ2v) is 6.44. The van der Waals surface area contributed by atoms with E-state index in [1.54, 1.807) is 12.1 Å². The summed E-state index contributed by atoms with van der Waals surface area (Å²) in [6, 6.07) is 12.3. The molecule has 21 heavy (non-hydrogen) atoms. The van der Waals surface area contributed by atoms with Crippen LogP contribution in [0.15, 0.2) is 56.4 Å². The molecular formula is C15H12Br2FN3. The molecule has 1 aliphatic heterocycles. The lowest BCUT2D eigenvalue weighted by Gasteiger charge is -2.27. The first-order valence-electron chi connectivity index (χ1n) is 6.36. The third kappa shape index (κ3) is 2.82. The van der Waals surface area contributed by atoms with E-state index in [0.717, 1.165) is 20.2 Å². The van der Waals surface area contributed by atoms with Crippen molar-refractivity contribution in [1.29, 1.82) is 0 Å². The quantitative estimate of drug-likeness (QED) is 0.801. The highest BCUT2D eigenvalue weighted by Gasteiger charge is 2.29. The van der Waals surface area contributed by atoms with Crippen LogP contribution < -0.4 is 10.6 Å². The van der Waals surface area contributed by atoms with Crippen LogP contribution in [0.3, 0.4) is 0 Å². The molecular weight excluding hydrogens is 401 g/mol. The van der Waals surface area contributed by atoms with Crippen LogP contribution in [0.4, 0.5) is 10.1 Å². The molecule has 3 nitrogen and oxygen atoms in total. The molecule has 6 heteroatoms. The van der Waals surface area contributed by atoms with Gasteiger partial charge in [-0.15, -0.1) is 0 Å². The lowest BCUT2D eigenvalue weighted by molar-refractivity contribution is 0.627. The molecule has 0 bridgehead atoms. The normalized spacial score (nSPS) is 18.0. The van der Waals surface area contributed by atoms with Crippen LogP contribution in [-0.2, 0) is 0 Å². The summed E-state index contributed by atoms with van der Waals surface area (Å²) in [6.45, 7) is 0.581. The zero-order valence-corrected chi connectivity index (χ0v) is 14.1. The van der Waals surface area contributed by atoms with E-state index in [4.69, 9.17) is 5.73 Å². The fourth-order valence-corrected chi connectivity index (χ4v) is 3.03. The predicted molar refractivity (Wildman–Crippen MR) is 90.0 cm³/mol. The summed E-state index contributed by atoms with van der Waals surface area (Å²) in [6.07, 6.45) is 0. The Bertz CT molecular complexity index is 701. The van der Waals surface area contributed by atoms with E-state index in [0.29, 0.717) is 12.5 Å². The number of guanidine groups is 1. The van der Waals surface area contributed by atoms with Gasteiger partial charge in [-0.3, -0.25) is 4.99 Å². The number of aliphatic imine (C=N–C) groups is 1. The average molecular weight is 413 g/mol. The second-order valence-electron chi connectivity index (χ2n) is 4.73. The molecule has 1 atom stereocenters. The van der Waals surface area contributed by atoms with Gasteiger partial charge in [-0.25, -0.2) is 4.39 Å². The number of nitrogens with zero attached hydrogens (tertiary/aromatic N) is 2. The molecule has 0 spiro atoms. The number of nitrogens with two attached hydrogens (primary N) is 1. The van der Waals surface area contributed by atoms with Gasteiger partial charge in [-0.05, 0) is 73.8 Å². The Morgan fingerprint density at radius 2 is 1.81 bits per heavy atom. The van der Waals surface area contributed by atoms with Gasteiger partial charge < -0.3 is 10.6 Å². The van der Waals surface area contributed by atoms with Crippen molar-refractivity contribution in [2.24, 2.45) is 10.7 Å². The number of hydrogen-bond acceptors (Lipinski definition) is 3. The van der Waals surface area contributed by atoms with E-state index in [-0.39, 0.29) is 11.9 Å². The van der Waals surface area contributed by atoms with Crippen LogP contribution in [-0.4, -0.2) is 12.5 Å². The molecule has 0 saturated heterocycles. The molecule has 0 radical (unpaired) electrons. The molecule has 3 rings (SSSR count). The van der Waals surface area contributed by atoms with Crippen molar-refractivity contribution in [1.82, 2.24) is 0 Å². The maximum atomic E-state index is 13.1. The molecule has 2 aromatic rings. The molecule has 1 aliphatic rings. The first-order chi connectivity index (χ1) is 10.1. The number of rotatable bonds is 2. The minimum Gasteiger partial charge on any atom is -0.369 e. The average Bonchev–Trinajstić information content (AvgIpc) is 2.85. The van der Waals surface area contributed by atoms with Crippen molar-refractivity contribution in [3.05, 3.63) is 62.8 Å². The van der Waals surface area contributed by atoms with Gasteiger partial charge in [0.1, 0.15) is 5.82 Å². The molecule has 0 fully saturated rings. The lowest BCUT2D eigenvalue weighted by Crippen LogP contribution is -2.36. The van der Waals surface area contributed by atoms with Crippen molar-refractivity contribution >= 4 is 43.5 Å². The highest BCUT2D eigenvalue weighted by atomic mass is 79.9. The Labute approximate surface area is 138 Å². The summed E-state index contributed by atoms with van der Waals surface area (Å²) >= 11 is 6.97. The summed E-state index contributed by atoms with van der Waals surface area (Å²) in [5.41, 5.74) is 7.93. The molecule has 0 aromatic heterocycles. The largest absolute Gasteiger partial charge is 0.369 e.